The minimum Gasteiger partial charge on any atom is -0.457 e. The lowest BCUT2D eigenvalue weighted by Gasteiger charge is -2.11. The minimum absolute atomic E-state index is 0.0556. The van der Waals surface area contributed by atoms with E-state index < -0.39 is 34.2 Å². The average Bonchev–Trinajstić information content (AvgIpc) is 3.19. The van der Waals surface area contributed by atoms with Crippen LogP contribution in [0.15, 0.2) is 88.8 Å². The number of rotatable bonds is 6. The Morgan fingerprint density at radius 1 is 1.00 bits per heavy atom. The van der Waals surface area contributed by atoms with Crippen LogP contribution in [0.5, 0.6) is 0 Å². The summed E-state index contributed by atoms with van der Waals surface area (Å²) in [6.07, 6.45) is -4.64. The van der Waals surface area contributed by atoms with Crippen LogP contribution in [0.2, 0.25) is 5.02 Å². The van der Waals surface area contributed by atoms with Gasteiger partial charge in [-0.15, -0.1) is 0 Å². The van der Waals surface area contributed by atoms with Crippen LogP contribution in [-0.2, 0) is 34.4 Å². The number of carbonyl (C=O) groups is 1. The lowest BCUT2D eigenvalue weighted by molar-refractivity contribution is -0.137. The molecule has 0 unspecified atom stereocenters. The SMILES string of the molecule is Cn1nc(-c2ccccc2)c(COC(=O)c2cccc(C(F)(F)F)c2)c1S(=O)(=O)c1ccc(Cl)cc1. The van der Waals surface area contributed by atoms with Crippen LogP contribution in [0.1, 0.15) is 21.5 Å². The normalized spacial score (nSPS) is 11.9. The second-order valence-corrected chi connectivity index (χ2v) is 10.0. The highest BCUT2D eigenvalue weighted by Crippen LogP contribution is 2.33. The molecule has 0 saturated heterocycles. The lowest BCUT2D eigenvalue weighted by Crippen LogP contribution is -2.13. The average molecular weight is 535 g/mol. The van der Waals surface area contributed by atoms with Gasteiger partial charge in [-0.2, -0.15) is 18.3 Å². The Hall–Kier alpha value is -3.63. The molecule has 0 radical (unpaired) electrons. The maximum atomic E-state index is 13.5. The summed E-state index contributed by atoms with van der Waals surface area (Å²) in [6.45, 7) is -0.546. The molecule has 1 heterocycles. The van der Waals surface area contributed by atoms with Crippen molar-refractivity contribution in [3.8, 4) is 11.3 Å². The zero-order chi connectivity index (χ0) is 26.1. The van der Waals surface area contributed by atoms with E-state index in [0.717, 1.165) is 12.1 Å². The molecule has 0 aliphatic rings. The molecule has 0 aliphatic heterocycles. The zero-order valence-corrected chi connectivity index (χ0v) is 20.2. The first-order chi connectivity index (χ1) is 17.0. The number of alkyl halides is 3. The first-order valence-corrected chi connectivity index (χ1v) is 12.3. The Morgan fingerprint density at radius 2 is 1.67 bits per heavy atom. The van der Waals surface area contributed by atoms with Crippen LogP contribution in [-0.4, -0.2) is 24.2 Å². The molecule has 6 nitrogen and oxygen atoms in total. The quantitative estimate of drug-likeness (QED) is 0.286. The van der Waals surface area contributed by atoms with E-state index in [1.165, 1.54) is 42.1 Å². The van der Waals surface area contributed by atoms with Gasteiger partial charge in [-0.25, -0.2) is 13.2 Å². The third-order valence-corrected chi connectivity index (χ3v) is 7.45. The molecule has 0 amide bonds. The number of carbonyl (C=O) groups excluding carboxylic acids is 1. The summed E-state index contributed by atoms with van der Waals surface area (Å²) >= 11 is 5.90. The van der Waals surface area contributed by atoms with Gasteiger partial charge in [0, 0.05) is 17.6 Å². The van der Waals surface area contributed by atoms with Crippen LogP contribution < -0.4 is 0 Å². The van der Waals surface area contributed by atoms with Crippen molar-refractivity contribution >= 4 is 27.4 Å². The number of hydrogen-bond donors (Lipinski definition) is 0. The number of ether oxygens (including phenoxy) is 1. The number of nitrogens with zero attached hydrogens (tertiary/aromatic N) is 2. The summed E-state index contributed by atoms with van der Waals surface area (Å²) in [7, 11) is -2.70. The Labute approximate surface area is 209 Å². The van der Waals surface area contributed by atoms with Crippen molar-refractivity contribution in [1.82, 2.24) is 9.78 Å². The fourth-order valence-corrected chi connectivity index (χ4v) is 5.33. The highest BCUT2D eigenvalue weighted by molar-refractivity contribution is 7.91. The van der Waals surface area contributed by atoms with Crippen molar-refractivity contribution in [1.29, 1.82) is 0 Å². The molecule has 0 saturated carbocycles. The highest BCUT2D eigenvalue weighted by Gasteiger charge is 2.32. The highest BCUT2D eigenvalue weighted by atomic mass is 35.5. The molecule has 186 valence electrons. The summed E-state index contributed by atoms with van der Waals surface area (Å²) in [6, 6.07) is 18.0. The van der Waals surface area contributed by atoms with Crippen LogP contribution >= 0.6 is 11.6 Å². The number of halogens is 4. The fourth-order valence-electron chi connectivity index (χ4n) is 3.62. The van der Waals surface area contributed by atoms with E-state index in [4.69, 9.17) is 16.3 Å². The van der Waals surface area contributed by atoms with Crippen molar-refractivity contribution in [3.05, 3.63) is 101 Å². The topological polar surface area (TPSA) is 78.3 Å². The van der Waals surface area contributed by atoms with Gasteiger partial charge in [0.2, 0.25) is 9.84 Å². The van der Waals surface area contributed by atoms with E-state index >= 15 is 0 Å². The second-order valence-electron chi connectivity index (χ2n) is 7.73. The second kappa shape index (κ2) is 9.79. The van der Waals surface area contributed by atoms with Crippen LogP contribution in [0.25, 0.3) is 11.3 Å². The molecule has 36 heavy (non-hydrogen) atoms. The van der Waals surface area contributed by atoms with Crippen molar-refractivity contribution in [3.63, 3.8) is 0 Å². The van der Waals surface area contributed by atoms with E-state index in [0.29, 0.717) is 16.7 Å². The van der Waals surface area contributed by atoms with Crippen LogP contribution in [0.3, 0.4) is 0 Å². The van der Waals surface area contributed by atoms with Gasteiger partial charge in [-0.1, -0.05) is 48.0 Å². The van der Waals surface area contributed by atoms with Gasteiger partial charge in [0.1, 0.15) is 12.3 Å². The number of aryl methyl sites for hydroxylation is 1. The van der Waals surface area contributed by atoms with Gasteiger partial charge in [0.05, 0.1) is 21.6 Å². The Kier molecular flexibility index (Phi) is 6.92. The molecule has 4 aromatic rings. The molecule has 4 rings (SSSR count). The van der Waals surface area contributed by atoms with E-state index in [9.17, 15) is 26.4 Å². The zero-order valence-electron chi connectivity index (χ0n) is 18.7. The molecule has 0 aliphatic carbocycles. The van der Waals surface area contributed by atoms with Gasteiger partial charge in [-0.05, 0) is 42.5 Å². The standard InChI is InChI=1S/C25H18ClF3N2O4S/c1-31-23(36(33,34)20-12-10-19(26)11-13-20)21(22(30-31)16-6-3-2-4-7-16)15-35-24(32)17-8-5-9-18(14-17)25(27,28)29/h2-14H,15H2,1H3. The lowest BCUT2D eigenvalue weighted by atomic mass is 10.1. The van der Waals surface area contributed by atoms with Crippen molar-refractivity contribution in [2.45, 2.75) is 22.7 Å². The number of esters is 1. The summed E-state index contributed by atoms with van der Waals surface area (Å²) < 4.78 is 72.7. The molecular weight excluding hydrogens is 517 g/mol. The van der Waals surface area contributed by atoms with E-state index in [2.05, 4.69) is 5.10 Å². The smallest absolute Gasteiger partial charge is 0.416 e. The van der Waals surface area contributed by atoms with Gasteiger partial charge in [0.25, 0.3) is 0 Å². The van der Waals surface area contributed by atoms with E-state index in [1.54, 1.807) is 30.3 Å². The molecular formula is C25H18ClF3N2O4S. The molecule has 0 N–H and O–H groups in total. The van der Waals surface area contributed by atoms with Gasteiger partial charge in [0.15, 0.2) is 5.03 Å². The van der Waals surface area contributed by atoms with Crippen LogP contribution in [0.4, 0.5) is 13.2 Å². The molecule has 0 fully saturated rings. The Balaban J connectivity index is 1.76. The van der Waals surface area contributed by atoms with Gasteiger partial charge < -0.3 is 4.74 Å². The van der Waals surface area contributed by atoms with E-state index in [1.807, 2.05) is 0 Å². The van der Waals surface area contributed by atoms with Gasteiger partial charge >= 0.3 is 12.1 Å². The molecule has 11 heteroatoms. The molecule has 0 spiro atoms. The van der Waals surface area contributed by atoms with Crippen molar-refractivity contribution < 1.29 is 31.1 Å². The maximum absolute atomic E-state index is 13.5. The summed E-state index contributed by atoms with van der Waals surface area (Å²) in [4.78, 5) is 12.6. The largest absolute Gasteiger partial charge is 0.457 e. The first-order valence-electron chi connectivity index (χ1n) is 10.4. The number of benzene rings is 3. The third-order valence-electron chi connectivity index (χ3n) is 5.29. The van der Waals surface area contributed by atoms with E-state index in [-0.39, 0.29) is 26.7 Å². The Morgan fingerprint density at radius 3 is 2.31 bits per heavy atom. The molecule has 0 atom stereocenters. The molecule has 3 aromatic carbocycles. The predicted octanol–water partition coefficient (Wildman–Crippen LogP) is 5.95. The fraction of sp³-hybridized carbons (Fsp3) is 0.120. The van der Waals surface area contributed by atoms with Crippen molar-refractivity contribution in [2.75, 3.05) is 0 Å². The number of aromatic nitrogens is 2. The molecule has 1 aromatic heterocycles. The first kappa shape index (κ1) is 25.5. The van der Waals surface area contributed by atoms with Crippen molar-refractivity contribution in [2.24, 2.45) is 7.05 Å². The summed E-state index contributed by atoms with van der Waals surface area (Å²) in [5, 5.41) is 4.48. The third kappa shape index (κ3) is 5.14. The maximum Gasteiger partial charge on any atom is 0.416 e. The molecule has 0 bridgehead atoms. The monoisotopic (exact) mass is 534 g/mol. The summed E-state index contributed by atoms with van der Waals surface area (Å²) in [5.74, 6) is -1.04. The number of hydrogen-bond acceptors (Lipinski definition) is 5. The number of sulfone groups is 1. The summed E-state index contributed by atoms with van der Waals surface area (Å²) in [5.41, 5.74) is -0.427. The minimum atomic E-state index is -4.64. The Bertz CT molecular complexity index is 1520. The van der Waals surface area contributed by atoms with Gasteiger partial charge in [-0.3, -0.25) is 4.68 Å². The van der Waals surface area contributed by atoms with Crippen LogP contribution in [0, 0.1) is 0 Å². The predicted molar refractivity (Wildman–Crippen MR) is 126 cm³/mol.